The van der Waals surface area contributed by atoms with Gasteiger partial charge in [-0.3, -0.25) is 4.79 Å². The summed E-state index contributed by atoms with van der Waals surface area (Å²) in [5.41, 5.74) is 0.860. The van der Waals surface area contributed by atoms with Gasteiger partial charge in [0.25, 0.3) is 0 Å². The molecule has 1 amide bonds. The standard InChI is InChI=1S/C11H21N5O/c1-4-12-7-10-8-16(14-13-10)9-11(17)15(5-2)6-3/h8,12H,4-7,9H2,1-3H3. The first-order valence-corrected chi connectivity index (χ1v) is 6.08. The molecule has 17 heavy (non-hydrogen) atoms. The van der Waals surface area contributed by atoms with Gasteiger partial charge in [-0.05, 0) is 20.4 Å². The SMILES string of the molecule is CCNCc1cn(CC(=O)N(CC)CC)nn1. The maximum absolute atomic E-state index is 11.8. The summed E-state index contributed by atoms with van der Waals surface area (Å²) in [5.74, 6) is 0.0786. The van der Waals surface area contributed by atoms with Crippen molar-refractivity contribution in [1.82, 2.24) is 25.2 Å². The zero-order valence-corrected chi connectivity index (χ0v) is 10.8. The third kappa shape index (κ3) is 4.14. The van der Waals surface area contributed by atoms with E-state index in [4.69, 9.17) is 0 Å². The molecule has 1 aromatic rings. The maximum atomic E-state index is 11.8. The van der Waals surface area contributed by atoms with Crippen LogP contribution in [-0.2, 0) is 17.9 Å². The molecule has 0 aliphatic rings. The Balaban J connectivity index is 2.51. The Morgan fingerprint density at radius 1 is 1.41 bits per heavy atom. The quantitative estimate of drug-likeness (QED) is 0.741. The lowest BCUT2D eigenvalue weighted by Crippen LogP contribution is -2.33. The van der Waals surface area contributed by atoms with Crippen LogP contribution >= 0.6 is 0 Å². The number of carbonyl (C=O) groups excluding carboxylic acids is 1. The summed E-state index contributed by atoms with van der Waals surface area (Å²) in [7, 11) is 0. The molecule has 1 N–H and O–H groups in total. The number of nitrogens with one attached hydrogen (secondary N) is 1. The molecule has 96 valence electrons. The normalized spacial score (nSPS) is 10.5. The summed E-state index contributed by atoms with van der Waals surface area (Å²) >= 11 is 0. The molecule has 1 heterocycles. The van der Waals surface area contributed by atoms with E-state index in [0.717, 1.165) is 25.3 Å². The van der Waals surface area contributed by atoms with Crippen LogP contribution in [0.4, 0.5) is 0 Å². The third-order valence-corrected chi connectivity index (χ3v) is 2.56. The van der Waals surface area contributed by atoms with Crippen LogP contribution in [0.3, 0.4) is 0 Å². The Labute approximate surface area is 102 Å². The highest BCUT2D eigenvalue weighted by molar-refractivity contribution is 5.75. The molecule has 0 aliphatic heterocycles. The van der Waals surface area contributed by atoms with Crippen molar-refractivity contribution in [1.29, 1.82) is 0 Å². The van der Waals surface area contributed by atoms with Crippen molar-refractivity contribution >= 4 is 5.91 Å². The molecule has 0 unspecified atom stereocenters. The monoisotopic (exact) mass is 239 g/mol. The van der Waals surface area contributed by atoms with Crippen molar-refractivity contribution in [2.75, 3.05) is 19.6 Å². The van der Waals surface area contributed by atoms with Crippen LogP contribution in [0.1, 0.15) is 26.5 Å². The van der Waals surface area contributed by atoms with Gasteiger partial charge in [-0.1, -0.05) is 12.1 Å². The van der Waals surface area contributed by atoms with E-state index >= 15 is 0 Å². The Hall–Kier alpha value is -1.43. The molecule has 6 heteroatoms. The predicted octanol–water partition coefficient (Wildman–Crippen LogP) is 0.256. The van der Waals surface area contributed by atoms with Gasteiger partial charge >= 0.3 is 0 Å². The summed E-state index contributed by atoms with van der Waals surface area (Å²) in [4.78, 5) is 13.6. The molecule has 1 rings (SSSR count). The second-order valence-corrected chi connectivity index (χ2v) is 3.75. The Morgan fingerprint density at radius 3 is 2.71 bits per heavy atom. The lowest BCUT2D eigenvalue weighted by Gasteiger charge is -2.17. The molecule has 0 aromatic carbocycles. The van der Waals surface area contributed by atoms with Gasteiger partial charge in [0.05, 0.1) is 11.9 Å². The Morgan fingerprint density at radius 2 is 2.12 bits per heavy atom. The van der Waals surface area contributed by atoms with Gasteiger partial charge < -0.3 is 10.2 Å². The minimum atomic E-state index is 0.0786. The Bertz CT molecular complexity index is 345. The van der Waals surface area contributed by atoms with Gasteiger partial charge in [-0.15, -0.1) is 5.10 Å². The highest BCUT2D eigenvalue weighted by Crippen LogP contribution is 1.96. The van der Waals surface area contributed by atoms with Crippen LogP contribution in [0.25, 0.3) is 0 Å². The van der Waals surface area contributed by atoms with E-state index in [1.165, 1.54) is 0 Å². The molecule has 0 bridgehead atoms. The zero-order valence-electron chi connectivity index (χ0n) is 10.8. The van der Waals surface area contributed by atoms with Crippen molar-refractivity contribution in [2.45, 2.75) is 33.9 Å². The number of rotatable bonds is 7. The van der Waals surface area contributed by atoms with Gasteiger partial charge in [0.2, 0.25) is 5.91 Å². The molecule has 0 atom stereocenters. The largest absolute Gasteiger partial charge is 0.342 e. The molecule has 6 nitrogen and oxygen atoms in total. The van der Waals surface area contributed by atoms with Crippen molar-refractivity contribution < 1.29 is 4.79 Å². The van der Waals surface area contributed by atoms with Crippen molar-refractivity contribution in [3.63, 3.8) is 0 Å². The zero-order chi connectivity index (χ0) is 12.7. The molecule has 0 radical (unpaired) electrons. The molecule has 0 spiro atoms. The number of carbonyl (C=O) groups is 1. The van der Waals surface area contributed by atoms with Crippen LogP contribution in [0.5, 0.6) is 0 Å². The predicted molar refractivity (Wildman–Crippen MR) is 65.3 cm³/mol. The van der Waals surface area contributed by atoms with Crippen LogP contribution in [-0.4, -0.2) is 45.4 Å². The average molecular weight is 239 g/mol. The molecule has 0 fully saturated rings. The lowest BCUT2D eigenvalue weighted by molar-refractivity contribution is -0.131. The number of amides is 1. The number of likely N-dealkylation sites (N-methyl/N-ethyl adjacent to an activating group) is 1. The fourth-order valence-electron chi connectivity index (χ4n) is 1.56. The van der Waals surface area contributed by atoms with E-state index in [9.17, 15) is 4.79 Å². The van der Waals surface area contributed by atoms with Crippen LogP contribution in [0.15, 0.2) is 6.20 Å². The number of aromatic nitrogens is 3. The fraction of sp³-hybridized carbons (Fsp3) is 0.727. The second kappa shape index (κ2) is 7.01. The first-order valence-electron chi connectivity index (χ1n) is 6.08. The van der Waals surface area contributed by atoms with Gasteiger partial charge in [0.15, 0.2) is 0 Å². The van der Waals surface area contributed by atoms with E-state index in [1.54, 1.807) is 9.58 Å². The van der Waals surface area contributed by atoms with Gasteiger partial charge in [0.1, 0.15) is 6.54 Å². The van der Waals surface area contributed by atoms with Gasteiger partial charge in [0, 0.05) is 19.6 Å². The second-order valence-electron chi connectivity index (χ2n) is 3.75. The molecule has 0 aliphatic carbocycles. The van der Waals surface area contributed by atoms with Crippen molar-refractivity contribution in [3.8, 4) is 0 Å². The Kier molecular flexibility index (Phi) is 5.62. The fourth-order valence-corrected chi connectivity index (χ4v) is 1.56. The van der Waals surface area contributed by atoms with Crippen LogP contribution in [0, 0.1) is 0 Å². The molecule has 1 aromatic heterocycles. The minimum absolute atomic E-state index is 0.0786. The first kappa shape index (κ1) is 13.6. The van der Waals surface area contributed by atoms with E-state index in [0.29, 0.717) is 6.54 Å². The number of hydrogen-bond acceptors (Lipinski definition) is 4. The van der Waals surface area contributed by atoms with Crippen LogP contribution < -0.4 is 5.32 Å². The topological polar surface area (TPSA) is 63.1 Å². The molecular formula is C11H21N5O. The minimum Gasteiger partial charge on any atom is -0.342 e. The summed E-state index contributed by atoms with van der Waals surface area (Å²) in [6, 6.07) is 0. The molecular weight excluding hydrogens is 218 g/mol. The van der Waals surface area contributed by atoms with Crippen LogP contribution in [0.2, 0.25) is 0 Å². The summed E-state index contributed by atoms with van der Waals surface area (Å²) in [6.45, 7) is 9.29. The summed E-state index contributed by atoms with van der Waals surface area (Å²) in [5, 5.41) is 11.1. The average Bonchev–Trinajstić information content (AvgIpc) is 2.75. The highest BCUT2D eigenvalue weighted by atomic mass is 16.2. The highest BCUT2D eigenvalue weighted by Gasteiger charge is 2.11. The number of hydrogen-bond donors (Lipinski definition) is 1. The molecule has 0 saturated carbocycles. The van der Waals surface area contributed by atoms with E-state index < -0.39 is 0 Å². The van der Waals surface area contributed by atoms with E-state index in [2.05, 4.69) is 15.6 Å². The summed E-state index contributed by atoms with van der Waals surface area (Å²) in [6.07, 6.45) is 1.81. The van der Waals surface area contributed by atoms with Crippen molar-refractivity contribution in [2.24, 2.45) is 0 Å². The summed E-state index contributed by atoms with van der Waals surface area (Å²) < 4.78 is 1.59. The maximum Gasteiger partial charge on any atom is 0.244 e. The first-order chi connectivity index (χ1) is 8.21. The van der Waals surface area contributed by atoms with Crippen molar-refractivity contribution in [3.05, 3.63) is 11.9 Å². The van der Waals surface area contributed by atoms with Gasteiger partial charge in [-0.2, -0.15) is 0 Å². The van der Waals surface area contributed by atoms with E-state index in [-0.39, 0.29) is 12.5 Å². The van der Waals surface area contributed by atoms with E-state index in [1.807, 2.05) is 27.0 Å². The third-order valence-electron chi connectivity index (χ3n) is 2.56. The smallest absolute Gasteiger partial charge is 0.244 e. The number of nitrogens with zero attached hydrogens (tertiary/aromatic N) is 4. The van der Waals surface area contributed by atoms with Gasteiger partial charge in [-0.25, -0.2) is 4.68 Å². The molecule has 0 saturated heterocycles. The lowest BCUT2D eigenvalue weighted by atomic mass is 10.4.